The van der Waals surface area contributed by atoms with E-state index in [0.29, 0.717) is 4.31 Å². The zero-order valence-electron chi connectivity index (χ0n) is 12.9. The van der Waals surface area contributed by atoms with Gasteiger partial charge in [0.2, 0.25) is 0 Å². The van der Waals surface area contributed by atoms with Crippen LogP contribution in [0.3, 0.4) is 0 Å². The first kappa shape index (κ1) is 16.2. The highest BCUT2D eigenvalue weighted by atomic mass is 32.2. The number of amides is 1. The summed E-state index contributed by atoms with van der Waals surface area (Å²) in [6.07, 6.45) is 0.0481. The fourth-order valence-electron chi connectivity index (χ4n) is 2.75. The van der Waals surface area contributed by atoms with E-state index in [4.69, 9.17) is 4.74 Å². The van der Waals surface area contributed by atoms with Crippen molar-refractivity contribution in [2.45, 2.75) is 17.4 Å². The Balaban J connectivity index is 2.06. The van der Waals surface area contributed by atoms with Crippen LogP contribution in [0.15, 0.2) is 59.5 Å². The molecule has 0 saturated heterocycles. The number of sulfonamides is 1. The predicted octanol–water partition coefficient (Wildman–Crippen LogP) is 1.62. The summed E-state index contributed by atoms with van der Waals surface area (Å²) < 4.78 is 30.9. The number of benzene rings is 2. The summed E-state index contributed by atoms with van der Waals surface area (Å²) in [6, 6.07) is 13.6. The van der Waals surface area contributed by atoms with Crippen molar-refractivity contribution in [3.8, 4) is 0 Å². The van der Waals surface area contributed by atoms with Gasteiger partial charge in [0.15, 0.2) is 0 Å². The molecule has 2 aromatic carbocycles. The number of hydrogen-bond acceptors (Lipinski definition) is 5. The average Bonchev–Trinajstić information content (AvgIpc) is 2.80. The Labute approximate surface area is 139 Å². The number of ether oxygens (including phenoxy) is 1. The highest BCUT2D eigenvalue weighted by molar-refractivity contribution is 7.90. The molecule has 1 aliphatic rings. The normalized spacial score (nSPS) is 16.5. The molecule has 0 fully saturated rings. The predicted molar refractivity (Wildman–Crippen MR) is 85.7 cm³/mol. The van der Waals surface area contributed by atoms with E-state index in [-0.39, 0.29) is 16.9 Å². The molecule has 0 aromatic heterocycles. The molecule has 0 spiro atoms. The lowest BCUT2D eigenvalue weighted by molar-refractivity contribution is -0.144. The van der Waals surface area contributed by atoms with Gasteiger partial charge in [-0.1, -0.05) is 42.5 Å². The molecule has 1 atom stereocenters. The Hall–Kier alpha value is -2.67. The Morgan fingerprint density at radius 3 is 2.33 bits per heavy atom. The van der Waals surface area contributed by atoms with Crippen LogP contribution in [0.1, 0.15) is 15.9 Å². The smallest absolute Gasteiger partial charge is 0.330 e. The van der Waals surface area contributed by atoms with Gasteiger partial charge in [-0.3, -0.25) is 4.79 Å². The van der Waals surface area contributed by atoms with E-state index < -0.39 is 27.9 Å². The molecule has 0 bridgehead atoms. The van der Waals surface area contributed by atoms with E-state index in [9.17, 15) is 18.0 Å². The summed E-state index contributed by atoms with van der Waals surface area (Å²) in [6.45, 7) is 0. The van der Waals surface area contributed by atoms with Crippen molar-refractivity contribution in [2.75, 3.05) is 7.11 Å². The van der Waals surface area contributed by atoms with Gasteiger partial charge in [0.25, 0.3) is 15.9 Å². The third-order valence-corrected chi connectivity index (χ3v) is 5.73. The van der Waals surface area contributed by atoms with Gasteiger partial charge >= 0.3 is 5.97 Å². The second kappa shape index (κ2) is 6.09. The SMILES string of the molecule is COC(=O)[C@H](Cc1ccccc1)N1C(=O)c2ccccc2S1(=O)=O. The van der Waals surface area contributed by atoms with Crippen LogP contribution < -0.4 is 0 Å². The first-order chi connectivity index (χ1) is 11.5. The Kier molecular flexibility index (Phi) is 4.11. The summed E-state index contributed by atoms with van der Waals surface area (Å²) in [5.41, 5.74) is 0.798. The third-order valence-electron chi connectivity index (χ3n) is 3.88. The average molecular weight is 345 g/mol. The number of carbonyl (C=O) groups is 2. The van der Waals surface area contributed by atoms with Crippen LogP contribution in [0.25, 0.3) is 0 Å². The summed E-state index contributed by atoms with van der Waals surface area (Å²) in [7, 11) is -2.92. The first-order valence-corrected chi connectivity index (χ1v) is 8.70. The molecule has 124 valence electrons. The van der Waals surface area contributed by atoms with Crippen molar-refractivity contribution < 1.29 is 22.7 Å². The molecule has 24 heavy (non-hydrogen) atoms. The van der Waals surface area contributed by atoms with E-state index in [0.717, 1.165) is 5.56 Å². The molecule has 0 unspecified atom stereocenters. The maximum Gasteiger partial charge on any atom is 0.330 e. The Morgan fingerprint density at radius 1 is 1.08 bits per heavy atom. The maximum atomic E-state index is 12.7. The molecule has 3 rings (SSSR count). The summed E-state index contributed by atoms with van der Waals surface area (Å²) in [5, 5.41) is 0. The topological polar surface area (TPSA) is 80.8 Å². The Morgan fingerprint density at radius 2 is 1.71 bits per heavy atom. The molecule has 0 radical (unpaired) electrons. The van der Waals surface area contributed by atoms with E-state index >= 15 is 0 Å². The second-order valence-corrected chi connectivity index (χ2v) is 7.11. The van der Waals surface area contributed by atoms with Crippen molar-refractivity contribution in [2.24, 2.45) is 0 Å². The number of esters is 1. The molecular weight excluding hydrogens is 330 g/mol. The van der Waals surface area contributed by atoms with Gasteiger partial charge in [0, 0.05) is 6.42 Å². The van der Waals surface area contributed by atoms with E-state index in [1.807, 2.05) is 6.07 Å². The molecule has 0 aliphatic carbocycles. The van der Waals surface area contributed by atoms with Crippen molar-refractivity contribution in [3.05, 3.63) is 65.7 Å². The van der Waals surface area contributed by atoms with Gasteiger partial charge in [-0.2, -0.15) is 0 Å². The number of nitrogens with zero attached hydrogens (tertiary/aromatic N) is 1. The van der Waals surface area contributed by atoms with E-state index in [1.54, 1.807) is 30.3 Å². The van der Waals surface area contributed by atoms with Gasteiger partial charge in [-0.15, -0.1) is 0 Å². The molecule has 1 heterocycles. The molecule has 0 N–H and O–H groups in total. The van der Waals surface area contributed by atoms with Crippen LogP contribution in [-0.4, -0.2) is 37.8 Å². The van der Waals surface area contributed by atoms with Crippen LogP contribution >= 0.6 is 0 Å². The van der Waals surface area contributed by atoms with Crippen molar-refractivity contribution in [1.29, 1.82) is 0 Å². The fraction of sp³-hybridized carbons (Fsp3) is 0.176. The van der Waals surface area contributed by atoms with Crippen LogP contribution in [0.5, 0.6) is 0 Å². The zero-order chi connectivity index (χ0) is 17.3. The van der Waals surface area contributed by atoms with Gasteiger partial charge in [-0.25, -0.2) is 17.5 Å². The molecule has 1 amide bonds. The first-order valence-electron chi connectivity index (χ1n) is 7.26. The molecule has 2 aromatic rings. The number of rotatable bonds is 4. The molecule has 6 nitrogen and oxygen atoms in total. The van der Waals surface area contributed by atoms with Gasteiger partial charge in [0.1, 0.15) is 10.9 Å². The largest absolute Gasteiger partial charge is 0.467 e. The fourth-order valence-corrected chi connectivity index (χ4v) is 4.45. The molecule has 1 aliphatic heterocycles. The lowest BCUT2D eigenvalue weighted by atomic mass is 10.1. The molecule has 7 heteroatoms. The molecular formula is C17H15NO5S. The number of fused-ring (bicyclic) bond motifs is 1. The highest BCUT2D eigenvalue weighted by Gasteiger charge is 2.47. The highest BCUT2D eigenvalue weighted by Crippen LogP contribution is 2.32. The van der Waals surface area contributed by atoms with Crippen molar-refractivity contribution >= 4 is 21.9 Å². The van der Waals surface area contributed by atoms with Crippen LogP contribution in [-0.2, 0) is 26.0 Å². The zero-order valence-corrected chi connectivity index (χ0v) is 13.7. The minimum Gasteiger partial charge on any atom is -0.467 e. The standard InChI is InChI=1S/C17H15NO5S/c1-23-17(20)14(11-12-7-3-2-4-8-12)18-16(19)13-9-5-6-10-15(13)24(18,21)22/h2-10,14H,11H2,1H3/t14-/m0/s1. The number of methoxy groups -OCH3 is 1. The number of hydrogen-bond donors (Lipinski definition) is 0. The lowest BCUT2D eigenvalue weighted by Gasteiger charge is -2.24. The van der Waals surface area contributed by atoms with Crippen molar-refractivity contribution in [1.82, 2.24) is 4.31 Å². The van der Waals surface area contributed by atoms with Crippen LogP contribution in [0.2, 0.25) is 0 Å². The van der Waals surface area contributed by atoms with Crippen molar-refractivity contribution in [3.63, 3.8) is 0 Å². The van der Waals surface area contributed by atoms with E-state index in [1.165, 1.54) is 25.3 Å². The quantitative estimate of drug-likeness (QED) is 0.787. The van der Waals surface area contributed by atoms with Gasteiger partial charge < -0.3 is 4.74 Å². The molecule has 0 saturated carbocycles. The minimum absolute atomic E-state index is 0.0481. The van der Waals surface area contributed by atoms with Crippen LogP contribution in [0, 0.1) is 0 Å². The summed E-state index contributed by atoms with van der Waals surface area (Å²) in [5.74, 6) is -1.49. The maximum absolute atomic E-state index is 12.7. The van der Waals surface area contributed by atoms with Gasteiger partial charge in [-0.05, 0) is 17.7 Å². The second-order valence-electron chi connectivity index (χ2n) is 5.33. The summed E-state index contributed by atoms with van der Waals surface area (Å²) in [4.78, 5) is 24.7. The lowest BCUT2D eigenvalue weighted by Crippen LogP contribution is -2.46. The Bertz CT molecular complexity index is 892. The van der Waals surface area contributed by atoms with Gasteiger partial charge in [0.05, 0.1) is 12.7 Å². The number of carbonyl (C=O) groups excluding carboxylic acids is 2. The van der Waals surface area contributed by atoms with Crippen LogP contribution in [0.4, 0.5) is 0 Å². The minimum atomic E-state index is -4.09. The third kappa shape index (κ3) is 2.56. The van der Waals surface area contributed by atoms with E-state index in [2.05, 4.69) is 0 Å². The monoisotopic (exact) mass is 345 g/mol. The summed E-state index contributed by atoms with van der Waals surface area (Å²) >= 11 is 0.